The maximum atomic E-state index is 10.8. The molecule has 0 aromatic heterocycles. The number of hydrogen-bond acceptors (Lipinski definition) is 3. The number of carboxylic acids is 2. The van der Waals surface area contributed by atoms with Crippen molar-refractivity contribution in [2.75, 3.05) is 0 Å². The molecule has 0 saturated heterocycles. The van der Waals surface area contributed by atoms with Crippen molar-refractivity contribution in [1.82, 2.24) is 5.32 Å². The van der Waals surface area contributed by atoms with Crippen LogP contribution in [0, 0.1) is 5.92 Å². The summed E-state index contributed by atoms with van der Waals surface area (Å²) in [5.74, 6) is -2.45. The number of carboxylic acid groups (broad SMARTS) is 2. The first-order valence-electron chi connectivity index (χ1n) is 5.11. The molecule has 0 aromatic carbocycles. The van der Waals surface area contributed by atoms with Crippen LogP contribution in [0.4, 0.5) is 0 Å². The van der Waals surface area contributed by atoms with E-state index in [0.717, 1.165) is 6.42 Å². The minimum Gasteiger partial charge on any atom is -0.481 e. The van der Waals surface area contributed by atoms with E-state index in [1.54, 1.807) is 6.92 Å². The molecular weight excluding hydrogens is 198 g/mol. The van der Waals surface area contributed by atoms with Crippen LogP contribution in [0.25, 0.3) is 0 Å². The third kappa shape index (κ3) is 4.78. The van der Waals surface area contributed by atoms with Crippen molar-refractivity contribution >= 4 is 11.9 Å². The van der Waals surface area contributed by atoms with Gasteiger partial charge in [-0.15, -0.1) is 0 Å². The molecule has 0 bridgehead atoms. The van der Waals surface area contributed by atoms with Gasteiger partial charge in [0.15, 0.2) is 0 Å². The Morgan fingerprint density at radius 2 is 1.73 bits per heavy atom. The van der Waals surface area contributed by atoms with Crippen LogP contribution >= 0.6 is 0 Å². The van der Waals surface area contributed by atoms with Crippen LogP contribution in [0.5, 0.6) is 0 Å². The Labute approximate surface area is 89.5 Å². The number of hydrogen-bond donors (Lipinski definition) is 3. The lowest BCUT2D eigenvalue weighted by atomic mass is 9.97. The molecule has 15 heavy (non-hydrogen) atoms. The molecule has 0 saturated carbocycles. The van der Waals surface area contributed by atoms with Crippen molar-refractivity contribution in [3.05, 3.63) is 0 Å². The zero-order chi connectivity index (χ0) is 12.0. The van der Waals surface area contributed by atoms with E-state index in [9.17, 15) is 9.59 Å². The highest BCUT2D eigenvalue weighted by molar-refractivity contribution is 5.73. The zero-order valence-electron chi connectivity index (χ0n) is 9.36. The second-order valence-corrected chi connectivity index (χ2v) is 3.75. The topological polar surface area (TPSA) is 86.6 Å². The highest BCUT2D eigenvalue weighted by Gasteiger charge is 2.25. The second-order valence-electron chi connectivity index (χ2n) is 3.75. The molecular formula is C10H19NO4. The van der Waals surface area contributed by atoms with Gasteiger partial charge < -0.3 is 15.5 Å². The van der Waals surface area contributed by atoms with Gasteiger partial charge in [0, 0.05) is 6.04 Å². The number of rotatable bonds is 7. The van der Waals surface area contributed by atoms with Gasteiger partial charge in [-0.3, -0.25) is 9.59 Å². The Morgan fingerprint density at radius 3 is 2.07 bits per heavy atom. The summed E-state index contributed by atoms with van der Waals surface area (Å²) in [6.45, 7) is 5.04. The van der Waals surface area contributed by atoms with Crippen LogP contribution in [0.15, 0.2) is 0 Å². The van der Waals surface area contributed by atoms with Gasteiger partial charge in [-0.1, -0.05) is 20.3 Å². The minimum atomic E-state index is -0.964. The van der Waals surface area contributed by atoms with Crippen LogP contribution in [0.2, 0.25) is 0 Å². The summed E-state index contributed by atoms with van der Waals surface area (Å²) in [5, 5.41) is 20.4. The summed E-state index contributed by atoms with van der Waals surface area (Å²) >= 11 is 0. The molecule has 5 heteroatoms. The normalized spacial score (nSPS) is 16.7. The summed E-state index contributed by atoms with van der Waals surface area (Å²) in [5.41, 5.74) is 0. The summed E-state index contributed by atoms with van der Waals surface area (Å²) in [4.78, 5) is 21.4. The van der Waals surface area contributed by atoms with Crippen molar-refractivity contribution in [3.63, 3.8) is 0 Å². The van der Waals surface area contributed by atoms with Crippen LogP contribution in [-0.4, -0.2) is 34.2 Å². The predicted molar refractivity (Wildman–Crippen MR) is 55.7 cm³/mol. The van der Waals surface area contributed by atoms with E-state index in [1.807, 2.05) is 6.92 Å². The first kappa shape index (κ1) is 13.9. The molecule has 0 aromatic rings. The molecule has 3 N–H and O–H groups in total. The van der Waals surface area contributed by atoms with Crippen molar-refractivity contribution in [1.29, 1.82) is 0 Å². The lowest BCUT2D eigenvalue weighted by Gasteiger charge is -2.24. The van der Waals surface area contributed by atoms with E-state index in [0.29, 0.717) is 6.42 Å². The maximum Gasteiger partial charge on any atom is 0.320 e. The maximum absolute atomic E-state index is 10.8. The van der Waals surface area contributed by atoms with Crippen molar-refractivity contribution in [3.8, 4) is 0 Å². The fourth-order valence-corrected chi connectivity index (χ4v) is 1.35. The Hall–Kier alpha value is -1.10. The van der Waals surface area contributed by atoms with Crippen molar-refractivity contribution in [2.24, 2.45) is 5.92 Å². The monoisotopic (exact) mass is 217 g/mol. The quantitative estimate of drug-likeness (QED) is 0.590. The predicted octanol–water partition coefficient (Wildman–Crippen LogP) is 0.938. The van der Waals surface area contributed by atoms with Crippen LogP contribution in [0.1, 0.15) is 33.6 Å². The van der Waals surface area contributed by atoms with Crippen LogP contribution in [0.3, 0.4) is 0 Å². The number of aliphatic carboxylic acids is 2. The molecule has 0 amide bonds. The van der Waals surface area contributed by atoms with Gasteiger partial charge in [0.25, 0.3) is 0 Å². The van der Waals surface area contributed by atoms with Gasteiger partial charge in [-0.25, -0.2) is 0 Å². The number of nitrogens with one attached hydrogen (secondary N) is 1. The first-order valence-corrected chi connectivity index (χ1v) is 5.11. The minimum absolute atomic E-state index is 0.293. The zero-order valence-corrected chi connectivity index (χ0v) is 9.36. The second kappa shape index (κ2) is 6.40. The van der Waals surface area contributed by atoms with E-state index in [1.165, 1.54) is 6.92 Å². The van der Waals surface area contributed by atoms with Crippen molar-refractivity contribution in [2.45, 2.75) is 45.7 Å². The average Bonchev–Trinajstić information content (AvgIpc) is 2.15. The van der Waals surface area contributed by atoms with E-state index >= 15 is 0 Å². The van der Waals surface area contributed by atoms with Crippen molar-refractivity contribution < 1.29 is 19.8 Å². The molecule has 0 fully saturated rings. The van der Waals surface area contributed by atoms with Crippen LogP contribution < -0.4 is 5.32 Å². The Balaban J connectivity index is 4.39. The summed E-state index contributed by atoms with van der Waals surface area (Å²) < 4.78 is 0. The molecule has 0 aliphatic heterocycles. The van der Waals surface area contributed by atoms with Gasteiger partial charge in [0.2, 0.25) is 0 Å². The molecule has 3 atom stereocenters. The highest BCUT2D eigenvalue weighted by Crippen LogP contribution is 2.10. The molecule has 0 radical (unpaired) electrons. The molecule has 0 aliphatic rings. The van der Waals surface area contributed by atoms with Gasteiger partial charge in [-0.2, -0.15) is 0 Å². The fourth-order valence-electron chi connectivity index (χ4n) is 1.35. The van der Waals surface area contributed by atoms with E-state index in [-0.39, 0.29) is 6.04 Å². The smallest absolute Gasteiger partial charge is 0.320 e. The third-order valence-corrected chi connectivity index (χ3v) is 2.43. The largest absolute Gasteiger partial charge is 0.481 e. The fraction of sp³-hybridized carbons (Fsp3) is 0.800. The number of carbonyl (C=O) groups is 2. The van der Waals surface area contributed by atoms with Gasteiger partial charge in [-0.05, 0) is 13.3 Å². The third-order valence-electron chi connectivity index (χ3n) is 2.43. The Bertz CT molecular complexity index is 229. The molecule has 88 valence electrons. The van der Waals surface area contributed by atoms with E-state index < -0.39 is 23.9 Å². The Kier molecular flexibility index (Phi) is 5.93. The molecule has 0 rings (SSSR count). The average molecular weight is 217 g/mol. The summed E-state index contributed by atoms with van der Waals surface area (Å²) in [6, 6.07) is -1.01. The lowest BCUT2D eigenvalue weighted by Crippen LogP contribution is -2.46. The molecule has 5 nitrogen and oxygen atoms in total. The van der Waals surface area contributed by atoms with E-state index in [4.69, 9.17) is 10.2 Å². The standard InChI is InChI=1S/C10H19NO4/c1-4-5-8(6(2)9(12)13)11-7(3)10(14)15/h6-8,11H,4-5H2,1-3H3,(H,12,13)(H,14,15). The van der Waals surface area contributed by atoms with Gasteiger partial charge in [0.05, 0.1) is 5.92 Å². The first-order chi connectivity index (χ1) is 6.90. The Morgan fingerprint density at radius 1 is 1.20 bits per heavy atom. The molecule has 0 spiro atoms. The molecule has 3 unspecified atom stereocenters. The van der Waals surface area contributed by atoms with Gasteiger partial charge in [0.1, 0.15) is 6.04 Å². The molecule has 0 aliphatic carbocycles. The van der Waals surface area contributed by atoms with E-state index in [2.05, 4.69) is 5.32 Å². The SMILES string of the molecule is CCCC(NC(C)C(=O)O)C(C)C(=O)O. The van der Waals surface area contributed by atoms with Gasteiger partial charge >= 0.3 is 11.9 Å². The van der Waals surface area contributed by atoms with Crippen LogP contribution in [-0.2, 0) is 9.59 Å². The molecule has 0 heterocycles. The summed E-state index contributed by atoms with van der Waals surface area (Å²) in [6.07, 6.45) is 1.48. The highest BCUT2D eigenvalue weighted by atomic mass is 16.4. The summed E-state index contributed by atoms with van der Waals surface area (Å²) in [7, 11) is 0. The lowest BCUT2D eigenvalue weighted by molar-refractivity contribution is -0.144.